The van der Waals surface area contributed by atoms with E-state index in [-0.39, 0.29) is 0 Å². The van der Waals surface area contributed by atoms with E-state index in [1.165, 1.54) is 0 Å². The number of hydrogen-bond acceptors (Lipinski definition) is 2. The first-order valence-electron chi connectivity index (χ1n) is 6.60. The Morgan fingerprint density at radius 1 is 1.00 bits per heavy atom. The fourth-order valence-electron chi connectivity index (χ4n) is 2.04. The van der Waals surface area contributed by atoms with E-state index in [1.807, 2.05) is 78.6 Å². The molecule has 0 radical (unpaired) electrons. The highest BCUT2D eigenvalue weighted by Crippen LogP contribution is 2.18. The summed E-state index contributed by atoms with van der Waals surface area (Å²) in [5.74, 6) is 0.917. The first kappa shape index (κ1) is 12.5. The average molecular weight is 264 g/mol. The molecule has 100 valence electrons. The van der Waals surface area contributed by atoms with E-state index in [4.69, 9.17) is 4.74 Å². The number of hydrogen-bond donors (Lipinski definition) is 0. The van der Waals surface area contributed by atoms with Crippen LogP contribution in [0.4, 0.5) is 0 Å². The molecule has 1 heterocycles. The van der Waals surface area contributed by atoms with E-state index in [1.54, 1.807) is 0 Å². The van der Waals surface area contributed by atoms with Crippen molar-refractivity contribution in [3.8, 4) is 11.4 Å². The van der Waals surface area contributed by atoms with Crippen LogP contribution in [0.15, 0.2) is 67.0 Å². The van der Waals surface area contributed by atoms with Crippen LogP contribution in [0.25, 0.3) is 5.69 Å². The molecule has 0 bridgehead atoms. The quantitative estimate of drug-likeness (QED) is 0.717. The molecular formula is C17H16N2O. The molecule has 0 N–H and O–H groups in total. The molecule has 3 aromatic rings. The van der Waals surface area contributed by atoms with Crippen molar-refractivity contribution in [2.75, 3.05) is 0 Å². The molecule has 3 nitrogen and oxygen atoms in total. The van der Waals surface area contributed by atoms with Crippen LogP contribution in [0.1, 0.15) is 11.1 Å². The molecule has 0 amide bonds. The predicted octanol–water partition coefficient (Wildman–Crippen LogP) is 3.76. The summed E-state index contributed by atoms with van der Waals surface area (Å²) in [4.78, 5) is 0. The van der Waals surface area contributed by atoms with Crippen molar-refractivity contribution in [1.29, 1.82) is 0 Å². The van der Waals surface area contributed by atoms with Crippen LogP contribution < -0.4 is 4.74 Å². The second kappa shape index (κ2) is 5.61. The fraction of sp³-hybridized carbons (Fsp3) is 0.118. The molecule has 0 aliphatic heterocycles. The third kappa shape index (κ3) is 2.72. The van der Waals surface area contributed by atoms with E-state index in [0.717, 1.165) is 22.6 Å². The van der Waals surface area contributed by atoms with Gasteiger partial charge in [0.1, 0.15) is 12.4 Å². The summed E-state index contributed by atoms with van der Waals surface area (Å²) in [5, 5.41) is 4.36. The first-order chi connectivity index (χ1) is 9.83. The summed E-state index contributed by atoms with van der Waals surface area (Å²) in [6.45, 7) is 2.57. The first-order valence-corrected chi connectivity index (χ1v) is 6.60. The maximum Gasteiger partial charge on any atom is 0.122 e. The smallest absolute Gasteiger partial charge is 0.122 e. The molecule has 0 unspecified atom stereocenters. The Labute approximate surface area is 118 Å². The van der Waals surface area contributed by atoms with Crippen LogP contribution in [0.3, 0.4) is 0 Å². The zero-order valence-electron chi connectivity index (χ0n) is 11.4. The Hall–Kier alpha value is -2.55. The van der Waals surface area contributed by atoms with Gasteiger partial charge >= 0.3 is 0 Å². The summed E-state index contributed by atoms with van der Waals surface area (Å²) in [5.41, 5.74) is 3.25. The van der Waals surface area contributed by atoms with Crippen LogP contribution in [0.5, 0.6) is 5.75 Å². The molecule has 0 atom stereocenters. The van der Waals surface area contributed by atoms with E-state index in [0.29, 0.717) is 6.61 Å². The van der Waals surface area contributed by atoms with Crippen LogP contribution in [-0.2, 0) is 6.61 Å². The van der Waals surface area contributed by atoms with E-state index in [2.05, 4.69) is 5.10 Å². The Bertz CT molecular complexity index is 689. The SMILES string of the molecule is Cc1ccccc1OCc1cnn(-c2ccccc2)c1. The number of rotatable bonds is 4. The maximum atomic E-state index is 5.82. The molecule has 0 saturated heterocycles. The number of aryl methyl sites for hydroxylation is 1. The molecule has 0 fully saturated rings. The summed E-state index contributed by atoms with van der Waals surface area (Å²) >= 11 is 0. The highest BCUT2D eigenvalue weighted by molar-refractivity contribution is 5.33. The van der Waals surface area contributed by atoms with Gasteiger partial charge in [-0.25, -0.2) is 4.68 Å². The van der Waals surface area contributed by atoms with Gasteiger partial charge in [0, 0.05) is 11.8 Å². The fourth-order valence-corrected chi connectivity index (χ4v) is 2.04. The molecule has 0 saturated carbocycles. The van der Waals surface area contributed by atoms with Gasteiger partial charge in [-0.1, -0.05) is 36.4 Å². The largest absolute Gasteiger partial charge is 0.489 e. The maximum absolute atomic E-state index is 5.82. The number of aromatic nitrogens is 2. The van der Waals surface area contributed by atoms with E-state index < -0.39 is 0 Å². The third-order valence-corrected chi connectivity index (χ3v) is 3.14. The minimum Gasteiger partial charge on any atom is -0.489 e. The van der Waals surface area contributed by atoms with Gasteiger partial charge in [0.25, 0.3) is 0 Å². The topological polar surface area (TPSA) is 27.1 Å². The van der Waals surface area contributed by atoms with Crippen LogP contribution in [-0.4, -0.2) is 9.78 Å². The summed E-state index contributed by atoms with van der Waals surface area (Å²) in [6, 6.07) is 18.1. The van der Waals surface area contributed by atoms with Crippen molar-refractivity contribution in [3.05, 3.63) is 78.1 Å². The number of benzene rings is 2. The van der Waals surface area contributed by atoms with E-state index in [9.17, 15) is 0 Å². The van der Waals surface area contributed by atoms with Crippen molar-refractivity contribution in [3.63, 3.8) is 0 Å². The van der Waals surface area contributed by atoms with Gasteiger partial charge in [-0.2, -0.15) is 5.10 Å². The molecule has 2 aromatic carbocycles. The monoisotopic (exact) mass is 264 g/mol. The molecule has 3 rings (SSSR count). The highest BCUT2D eigenvalue weighted by atomic mass is 16.5. The second-order valence-electron chi connectivity index (χ2n) is 4.68. The second-order valence-corrected chi connectivity index (χ2v) is 4.68. The standard InChI is InChI=1S/C17H16N2O/c1-14-7-5-6-10-17(14)20-13-15-11-18-19(12-15)16-8-3-2-4-9-16/h2-12H,13H2,1H3. The van der Waals surface area contributed by atoms with Crippen molar-refractivity contribution >= 4 is 0 Å². The van der Waals surface area contributed by atoms with Crippen molar-refractivity contribution < 1.29 is 4.74 Å². The molecule has 0 spiro atoms. The normalized spacial score (nSPS) is 10.4. The molecule has 3 heteroatoms. The third-order valence-electron chi connectivity index (χ3n) is 3.14. The Morgan fingerprint density at radius 2 is 1.75 bits per heavy atom. The van der Waals surface area contributed by atoms with E-state index >= 15 is 0 Å². The van der Waals surface area contributed by atoms with Gasteiger partial charge in [-0.15, -0.1) is 0 Å². The zero-order chi connectivity index (χ0) is 13.8. The van der Waals surface area contributed by atoms with Gasteiger partial charge in [0.05, 0.1) is 11.9 Å². The van der Waals surface area contributed by atoms with Gasteiger partial charge in [0.15, 0.2) is 0 Å². The lowest BCUT2D eigenvalue weighted by molar-refractivity contribution is 0.304. The van der Waals surface area contributed by atoms with Gasteiger partial charge in [0.2, 0.25) is 0 Å². The molecule has 20 heavy (non-hydrogen) atoms. The summed E-state index contributed by atoms with van der Waals surface area (Å²) in [7, 11) is 0. The zero-order valence-corrected chi connectivity index (χ0v) is 11.4. The lowest BCUT2D eigenvalue weighted by Gasteiger charge is -2.07. The summed E-state index contributed by atoms with van der Waals surface area (Å²) in [6.07, 6.45) is 3.83. The number of nitrogens with zero attached hydrogens (tertiary/aromatic N) is 2. The van der Waals surface area contributed by atoms with Crippen LogP contribution in [0, 0.1) is 6.92 Å². The Kier molecular flexibility index (Phi) is 3.50. The lowest BCUT2D eigenvalue weighted by Crippen LogP contribution is -1.96. The number of para-hydroxylation sites is 2. The van der Waals surface area contributed by atoms with Gasteiger partial charge < -0.3 is 4.74 Å². The predicted molar refractivity (Wildman–Crippen MR) is 79.1 cm³/mol. The Morgan fingerprint density at radius 3 is 2.55 bits per heavy atom. The lowest BCUT2D eigenvalue weighted by atomic mass is 10.2. The highest BCUT2D eigenvalue weighted by Gasteiger charge is 2.03. The minimum absolute atomic E-state index is 0.525. The molecule has 1 aromatic heterocycles. The number of ether oxygens (including phenoxy) is 1. The van der Waals surface area contributed by atoms with Gasteiger partial charge in [-0.05, 0) is 30.7 Å². The average Bonchev–Trinajstić information content (AvgIpc) is 2.96. The van der Waals surface area contributed by atoms with Crippen molar-refractivity contribution in [2.45, 2.75) is 13.5 Å². The molecule has 0 aliphatic rings. The molecular weight excluding hydrogens is 248 g/mol. The van der Waals surface area contributed by atoms with Crippen LogP contribution >= 0.6 is 0 Å². The van der Waals surface area contributed by atoms with Crippen molar-refractivity contribution in [1.82, 2.24) is 9.78 Å². The Balaban J connectivity index is 1.71. The van der Waals surface area contributed by atoms with Crippen LogP contribution in [0.2, 0.25) is 0 Å². The van der Waals surface area contributed by atoms with Gasteiger partial charge in [-0.3, -0.25) is 0 Å². The summed E-state index contributed by atoms with van der Waals surface area (Å²) < 4.78 is 7.68. The molecule has 0 aliphatic carbocycles. The van der Waals surface area contributed by atoms with Crippen molar-refractivity contribution in [2.24, 2.45) is 0 Å². The minimum atomic E-state index is 0.525.